The lowest BCUT2D eigenvalue weighted by atomic mass is 10.0. The number of ether oxygens (including phenoxy) is 2. The molecule has 1 fully saturated rings. The van der Waals surface area contributed by atoms with E-state index >= 15 is 0 Å². The number of nitrogens with zero attached hydrogens (tertiary/aromatic N) is 2. The van der Waals surface area contributed by atoms with Gasteiger partial charge in [0.05, 0.1) is 12.1 Å². The lowest BCUT2D eigenvalue weighted by molar-refractivity contribution is -0.118. The van der Waals surface area contributed by atoms with E-state index in [1.807, 2.05) is 30.3 Å². The minimum atomic E-state index is -0.668. The number of primary amides is 1. The van der Waals surface area contributed by atoms with E-state index in [0.29, 0.717) is 36.0 Å². The van der Waals surface area contributed by atoms with Crippen molar-refractivity contribution >= 4 is 17.5 Å². The summed E-state index contributed by atoms with van der Waals surface area (Å²) in [6.07, 6.45) is 1.33. The van der Waals surface area contributed by atoms with Gasteiger partial charge < -0.3 is 25.8 Å². The van der Waals surface area contributed by atoms with E-state index in [9.17, 15) is 9.59 Å². The molecule has 3 aromatic rings. The molecule has 2 aromatic carbocycles. The van der Waals surface area contributed by atoms with Gasteiger partial charge in [0.1, 0.15) is 28.6 Å². The van der Waals surface area contributed by atoms with Crippen molar-refractivity contribution in [3.8, 4) is 23.1 Å². The molecule has 4 rings (SSSR count). The molecule has 1 aliphatic heterocycles. The molecule has 0 saturated carbocycles. The molecule has 8 nitrogen and oxygen atoms in total. The smallest absolute Gasteiger partial charge is 0.254 e. The van der Waals surface area contributed by atoms with E-state index in [-0.39, 0.29) is 23.1 Å². The normalized spacial score (nSPS) is 17.4. The molecule has 8 heteroatoms. The Labute approximate surface area is 191 Å². The van der Waals surface area contributed by atoms with Gasteiger partial charge in [0, 0.05) is 6.54 Å². The maximum atomic E-state index is 12.1. The van der Waals surface area contributed by atoms with Crippen LogP contribution in [0.4, 0.5) is 5.82 Å². The number of carbonyl (C=O) groups is 2. The van der Waals surface area contributed by atoms with Gasteiger partial charge in [-0.05, 0) is 61.0 Å². The van der Waals surface area contributed by atoms with Gasteiger partial charge in [-0.1, -0.05) is 24.8 Å². The van der Waals surface area contributed by atoms with Crippen LogP contribution in [0.1, 0.15) is 16.8 Å². The maximum Gasteiger partial charge on any atom is 0.254 e. The fourth-order valence-electron chi connectivity index (χ4n) is 3.71. The van der Waals surface area contributed by atoms with Crippen LogP contribution in [0.25, 0.3) is 0 Å². The average molecular weight is 444 g/mol. The summed E-state index contributed by atoms with van der Waals surface area (Å²) in [4.78, 5) is 30.3. The molecule has 0 spiro atoms. The summed E-state index contributed by atoms with van der Waals surface area (Å²) >= 11 is 0. The third-order valence-electron chi connectivity index (χ3n) is 5.44. The summed E-state index contributed by atoms with van der Waals surface area (Å²) in [6, 6.07) is 19.5. The first-order valence-electron chi connectivity index (χ1n) is 10.5. The molecule has 168 valence electrons. The molecule has 2 heterocycles. The highest BCUT2D eigenvalue weighted by atomic mass is 16.5. The Hall–Kier alpha value is -4.17. The second-order valence-corrected chi connectivity index (χ2v) is 7.56. The highest BCUT2D eigenvalue weighted by molar-refractivity contribution is 5.95. The molecule has 4 N–H and O–H groups in total. The minimum Gasteiger partial charge on any atom is -0.457 e. The van der Waals surface area contributed by atoms with Crippen LogP contribution in [0.5, 0.6) is 23.1 Å². The number of rotatable bonds is 8. The standard InChI is InChI=1S/C25H24N4O4/c1-2-21(30)19-14-15-29(23(19)26)22-13-12-20(24(27)31)25(28-22)33-18-10-8-17(9-11-18)32-16-6-4-3-5-7-16/h2-13,19,23H,1,14-15,26H2,(H2,27,31). The number of hydrogen-bond donors (Lipinski definition) is 2. The number of anilines is 1. The second kappa shape index (κ2) is 9.54. The summed E-state index contributed by atoms with van der Waals surface area (Å²) < 4.78 is 11.7. The third-order valence-corrected chi connectivity index (χ3v) is 5.44. The Balaban J connectivity index is 1.55. The molecule has 0 radical (unpaired) electrons. The van der Waals surface area contributed by atoms with Crippen LogP contribution < -0.4 is 25.8 Å². The quantitative estimate of drug-likeness (QED) is 0.509. The molecule has 33 heavy (non-hydrogen) atoms. The Bertz CT molecular complexity index is 1160. The number of pyridine rings is 1. The Morgan fingerprint density at radius 3 is 2.24 bits per heavy atom. The second-order valence-electron chi connectivity index (χ2n) is 7.56. The number of amides is 1. The van der Waals surface area contributed by atoms with E-state index in [1.54, 1.807) is 41.3 Å². The van der Waals surface area contributed by atoms with Crippen LogP contribution in [-0.4, -0.2) is 29.4 Å². The third kappa shape index (κ3) is 4.86. The zero-order valence-electron chi connectivity index (χ0n) is 17.9. The lowest BCUT2D eigenvalue weighted by Gasteiger charge is -2.25. The molecule has 2 atom stereocenters. The molecular formula is C25H24N4O4. The number of para-hydroxylation sites is 1. The van der Waals surface area contributed by atoms with E-state index in [0.717, 1.165) is 0 Å². The van der Waals surface area contributed by atoms with Crippen molar-refractivity contribution in [2.45, 2.75) is 12.6 Å². The monoisotopic (exact) mass is 444 g/mol. The Kier molecular flexibility index (Phi) is 6.37. The number of ketones is 1. The fourth-order valence-corrected chi connectivity index (χ4v) is 3.71. The molecule has 2 unspecified atom stereocenters. The summed E-state index contributed by atoms with van der Waals surface area (Å²) in [5.74, 6) is 1.22. The van der Waals surface area contributed by atoms with E-state index in [2.05, 4.69) is 11.6 Å². The van der Waals surface area contributed by atoms with Gasteiger partial charge in [0.15, 0.2) is 5.78 Å². The van der Waals surface area contributed by atoms with E-state index in [1.165, 1.54) is 6.08 Å². The molecule has 1 aromatic heterocycles. The number of aromatic nitrogens is 1. The maximum absolute atomic E-state index is 12.1. The van der Waals surface area contributed by atoms with Crippen molar-refractivity contribution in [1.29, 1.82) is 0 Å². The molecular weight excluding hydrogens is 420 g/mol. The SMILES string of the molecule is C=CC(=O)C1CCN(c2ccc(C(N)=O)c(Oc3ccc(Oc4ccccc4)cc3)n2)C1N. The number of allylic oxidation sites excluding steroid dienone is 1. The van der Waals surface area contributed by atoms with Crippen molar-refractivity contribution in [3.05, 3.63) is 84.9 Å². The number of nitrogens with two attached hydrogens (primary N) is 2. The summed E-state index contributed by atoms with van der Waals surface area (Å²) in [5, 5.41) is 0. The topological polar surface area (TPSA) is 121 Å². The summed E-state index contributed by atoms with van der Waals surface area (Å²) in [6.45, 7) is 4.08. The zero-order valence-corrected chi connectivity index (χ0v) is 17.9. The van der Waals surface area contributed by atoms with Gasteiger partial charge in [-0.2, -0.15) is 4.98 Å². The summed E-state index contributed by atoms with van der Waals surface area (Å²) in [7, 11) is 0. The minimum absolute atomic E-state index is 0.0578. The fraction of sp³-hybridized carbons (Fsp3) is 0.160. The largest absolute Gasteiger partial charge is 0.457 e. The van der Waals surface area contributed by atoms with Crippen molar-refractivity contribution in [2.24, 2.45) is 17.4 Å². The Morgan fingerprint density at radius 1 is 0.970 bits per heavy atom. The first kappa shape index (κ1) is 22.0. The molecule has 1 saturated heterocycles. The van der Waals surface area contributed by atoms with Gasteiger partial charge in [0.25, 0.3) is 5.91 Å². The highest BCUT2D eigenvalue weighted by Gasteiger charge is 2.36. The first-order chi connectivity index (χ1) is 16.0. The highest BCUT2D eigenvalue weighted by Crippen LogP contribution is 2.32. The van der Waals surface area contributed by atoms with Gasteiger partial charge in [-0.3, -0.25) is 9.59 Å². The van der Waals surface area contributed by atoms with Crippen molar-refractivity contribution in [1.82, 2.24) is 4.98 Å². The van der Waals surface area contributed by atoms with Crippen LogP contribution in [-0.2, 0) is 4.79 Å². The molecule has 1 amide bonds. The number of benzene rings is 2. The van der Waals surface area contributed by atoms with Crippen LogP contribution in [0, 0.1) is 5.92 Å². The van der Waals surface area contributed by atoms with Gasteiger partial charge >= 0.3 is 0 Å². The predicted molar refractivity (Wildman–Crippen MR) is 124 cm³/mol. The van der Waals surface area contributed by atoms with E-state index < -0.39 is 12.1 Å². The molecule has 0 aliphatic carbocycles. The first-order valence-corrected chi connectivity index (χ1v) is 10.5. The number of hydrogen-bond acceptors (Lipinski definition) is 7. The average Bonchev–Trinajstić information content (AvgIpc) is 3.21. The number of carbonyl (C=O) groups excluding carboxylic acids is 2. The summed E-state index contributed by atoms with van der Waals surface area (Å²) in [5.41, 5.74) is 11.9. The zero-order chi connectivity index (χ0) is 23.4. The Morgan fingerprint density at radius 2 is 1.61 bits per heavy atom. The van der Waals surface area contributed by atoms with Crippen LogP contribution in [0.2, 0.25) is 0 Å². The van der Waals surface area contributed by atoms with Crippen LogP contribution in [0.3, 0.4) is 0 Å². The van der Waals surface area contributed by atoms with Gasteiger partial charge in [0.2, 0.25) is 5.88 Å². The van der Waals surface area contributed by atoms with Crippen LogP contribution in [0.15, 0.2) is 79.4 Å². The van der Waals surface area contributed by atoms with Crippen molar-refractivity contribution in [3.63, 3.8) is 0 Å². The van der Waals surface area contributed by atoms with Gasteiger partial charge in [-0.15, -0.1) is 0 Å². The van der Waals surface area contributed by atoms with Crippen LogP contribution >= 0.6 is 0 Å². The predicted octanol–water partition coefficient (Wildman–Crippen LogP) is 3.63. The van der Waals surface area contributed by atoms with Gasteiger partial charge in [-0.25, -0.2) is 0 Å². The van der Waals surface area contributed by atoms with E-state index in [4.69, 9.17) is 20.9 Å². The molecule has 0 bridgehead atoms. The molecule has 1 aliphatic rings. The van der Waals surface area contributed by atoms with Crippen molar-refractivity contribution < 1.29 is 19.1 Å². The van der Waals surface area contributed by atoms with Crippen molar-refractivity contribution in [2.75, 3.05) is 11.4 Å². The lowest BCUT2D eigenvalue weighted by Crippen LogP contribution is -2.43.